The minimum Gasteiger partial charge on any atom is -0.378 e. The van der Waals surface area contributed by atoms with E-state index in [0.717, 1.165) is 29.9 Å². The Labute approximate surface area is 139 Å². The number of hydrogen-bond acceptors (Lipinski definition) is 3. The summed E-state index contributed by atoms with van der Waals surface area (Å²) in [7, 11) is -0.969. The molecule has 6 heteroatoms. The fourth-order valence-corrected chi connectivity index (χ4v) is 3.49. The molecular formula is C17H24N2O3S. The molecule has 3 rings (SSSR count). The first kappa shape index (κ1) is 16.5. The molecule has 1 saturated heterocycles. The van der Waals surface area contributed by atoms with Crippen LogP contribution < -0.4 is 10.6 Å². The molecule has 1 heterocycles. The maximum atomic E-state index is 12.0. The number of ether oxygens (including phenoxy) is 1. The van der Waals surface area contributed by atoms with Crippen molar-refractivity contribution in [2.24, 2.45) is 5.92 Å². The van der Waals surface area contributed by atoms with E-state index in [0.29, 0.717) is 18.6 Å². The summed E-state index contributed by atoms with van der Waals surface area (Å²) in [6, 6.07) is 7.55. The van der Waals surface area contributed by atoms with Gasteiger partial charge in [0.2, 0.25) is 0 Å². The second kappa shape index (κ2) is 7.45. The first-order valence-electron chi connectivity index (χ1n) is 8.20. The van der Waals surface area contributed by atoms with Gasteiger partial charge in [-0.2, -0.15) is 0 Å². The van der Waals surface area contributed by atoms with Crippen molar-refractivity contribution < 1.29 is 13.7 Å². The van der Waals surface area contributed by atoms with Crippen molar-refractivity contribution in [1.82, 2.24) is 10.6 Å². The quantitative estimate of drug-likeness (QED) is 0.866. The number of rotatable bonds is 5. The molecule has 1 aromatic carbocycles. The molecule has 0 bridgehead atoms. The fraction of sp³-hybridized carbons (Fsp3) is 0.588. The number of carbonyl (C=O) groups excluding carboxylic acids is 1. The standard InChI is InChI=1S/C17H24N2O3S/c1-23(21)15-6-2-12(3-7-15)11-18-17(20)19-14-8-9-22-16(10-14)13-4-5-13/h2-3,6-7,13-14,16H,4-5,8-11H2,1H3,(H2,18,19,20)/t14-,16-,23+/m1/s1. The van der Waals surface area contributed by atoms with Gasteiger partial charge in [-0.3, -0.25) is 4.21 Å². The normalized spacial score (nSPS) is 25.6. The highest BCUT2D eigenvalue weighted by Gasteiger charge is 2.36. The maximum Gasteiger partial charge on any atom is 0.315 e. The lowest BCUT2D eigenvalue weighted by Gasteiger charge is -2.30. The first-order chi connectivity index (χ1) is 11.1. The van der Waals surface area contributed by atoms with Gasteiger partial charge in [0.25, 0.3) is 0 Å². The van der Waals surface area contributed by atoms with Crippen molar-refractivity contribution in [2.75, 3.05) is 12.9 Å². The Balaban J connectivity index is 1.42. The van der Waals surface area contributed by atoms with Crippen molar-refractivity contribution in [3.05, 3.63) is 29.8 Å². The maximum absolute atomic E-state index is 12.0. The number of hydrogen-bond donors (Lipinski definition) is 2. The zero-order valence-corrected chi connectivity index (χ0v) is 14.2. The lowest BCUT2D eigenvalue weighted by Crippen LogP contribution is -2.46. The van der Waals surface area contributed by atoms with Crippen LogP contribution >= 0.6 is 0 Å². The largest absolute Gasteiger partial charge is 0.378 e. The zero-order chi connectivity index (χ0) is 16.2. The summed E-state index contributed by atoms with van der Waals surface area (Å²) in [6.07, 6.45) is 6.33. The molecular weight excluding hydrogens is 312 g/mol. The summed E-state index contributed by atoms with van der Waals surface area (Å²) >= 11 is 0. The third kappa shape index (κ3) is 4.78. The molecule has 0 aromatic heterocycles. The number of nitrogens with one attached hydrogen (secondary N) is 2. The second-order valence-corrected chi connectivity index (χ2v) is 7.77. The molecule has 2 fully saturated rings. The van der Waals surface area contributed by atoms with Crippen molar-refractivity contribution in [3.63, 3.8) is 0 Å². The number of amides is 2. The van der Waals surface area contributed by atoms with E-state index in [-0.39, 0.29) is 12.1 Å². The molecule has 5 nitrogen and oxygen atoms in total. The summed E-state index contributed by atoms with van der Waals surface area (Å²) in [4.78, 5) is 12.8. The molecule has 0 spiro atoms. The molecule has 0 radical (unpaired) electrons. The minimum atomic E-state index is -0.969. The summed E-state index contributed by atoms with van der Waals surface area (Å²) in [6.45, 7) is 1.21. The van der Waals surface area contributed by atoms with Gasteiger partial charge in [0.05, 0.1) is 6.10 Å². The van der Waals surface area contributed by atoms with Crippen molar-refractivity contribution >= 4 is 16.8 Å². The topological polar surface area (TPSA) is 67.4 Å². The minimum absolute atomic E-state index is 0.130. The van der Waals surface area contributed by atoms with E-state index in [1.807, 2.05) is 24.3 Å². The summed E-state index contributed by atoms with van der Waals surface area (Å²) in [5.41, 5.74) is 0.997. The van der Waals surface area contributed by atoms with Crippen LogP contribution in [0.5, 0.6) is 0 Å². The SMILES string of the molecule is C[S@](=O)c1ccc(CNC(=O)N[C@@H]2CCO[C@@H](C3CC3)C2)cc1. The Bertz CT molecular complexity index is 572. The molecule has 1 aromatic rings. The molecule has 1 aliphatic heterocycles. The van der Waals surface area contributed by atoms with Crippen LogP contribution in [0, 0.1) is 5.92 Å². The predicted octanol–water partition coefficient (Wildman–Crippen LogP) is 2.18. The molecule has 23 heavy (non-hydrogen) atoms. The summed E-state index contributed by atoms with van der Waals surface area (Å²) < 4.78 is 17.1. The Kier molecular flexibility index (Phi) is 5.33. The van der Waals surface area contributed by atoms with Crippen LogP contribution in [-0.4, -0.2) is 35.2 Å². The van der Waals surface area contributed by atoms with Crippen LogP contribution in [0.15, 0.2) is 29.2 Å². The van der Waals surface area contributed by atoms with Gasteiger partial charge in [-0.25, -0.2) is 4.79 Å². The fourth-order valence-electron chi connectivity index (χ4n) is 2.97. The van der Waals surface area contributed by atoms with Crippen molar-refractivity contribution in [1.29, 1.82) is 0 Å². The molecule has 0 unspecified atom stereocenters. The molecule has 3 atom stereocenters. The number of benzene rings is 1. The lowest BCUT2D eigenvalue weighted by molar-refractivity contribution is -0.00914. The summed E-state index contributed by atoms with van der Waals surface area (Å²) in [5.74, 6) is 0.713. The van der Waals surface area contributed by atoms with E-state index in [9.17, 15) is 9.00 Å². The highest BCUT2D eigenvalue weighted by atomic mass is 32.2. The van der Waals surface area contributed by atoms with Crippen LogP contribution in [0.2, 0.25) is 0 Å². The number of carbonyl (C=O) groups is 1. The van der Waals surface area contributed by atoms with Gasteiger partial charge >= 0.3 is 6.03 Å². The van der Waals surface area contributed by atoms with Crippen LogP contribution in [0.3, 0.4) is 0 Å². The van der Waals surface area contributed by atoms with E-state index >= 15 is 0 Å². The monoisotopic (exact) mass is 336 g/mol. The lowest BCUT2D eigenvalue weighted by atomic mass is 10.0. The van der Waals surface area contributed by atoms with Gasteiger partial charge in [-0.05, 0) is 49.3 Å². The predicted molar refractivity (Wildman–Crippen MR) is 89.6 cm³/mol. The highest BCUT2D eigenvalue weighted by Crippen LogP contribution is 2.38. The Morgan fingerprint density at radius 3 is 2.65 bits per heavy atom. The summed E-state index contributed by atoms with van der Waals surface area (Å²) in [5, 5.41) is 5.94. The first-order valence-corrected chi connectivity index (χ1v) is 9.76. The third-order valence-electron chi connectivity index (χ3n) is 4.51. The van der Waals surface area contributed by atoms with Crippen LogP contribution in [-0.2, 0) is 22.1 Å². The molecule has 2 amide bonds. The smallest absolute Gasteiger partial charge is 0.315 e. The van der Waals surface area contributed by atoms with Crippen LogP contribution in [0.25, 0.3) is 0 Å². The van der Waals surface area contributed by atoms with Crippen molar-refractivity contribution in [3.8, 4) is 0 Å². The van der Waals surface area contributed by atoms with E-state index in [1.165, 1.54) is 12.8 Å². The van der Waals surface area contributed by atoms with Gasteiger partial charge < -0.3 is 15.4 Å². The van der Waals surface area contributed by atoms with Crippen LogP contribution in [0.4, 0.5) is 4.79 Å². The zero-order valence-electron chi connectivity index (χ0n) is 13.4. The van der Waals surface area contributed by atoms with E-state index < -0.39 is 10.8 Å². The average Bonchev–Trinajstić information content (AvgIpc) is 3.38. The third-order valence-corrected chi connectivity index (χ3v) is 5.44. The molecule has 2 N–H and O–H groups in total. The van der Waals surface area contributed by atoms with E-state index in [1.54, 1.807) is 6.26 Å². The van der Waals surface area contributed by atoms with Gasteiger partial charge in [0, 0.05) is 41.1 Å². The Morgan fingerprint density at radius 2 is 2.00 bits per heavy atom. The van der Waals surface area contributed by atoms with E-state index in [4.69, 9.17) is 4.74 Å². The number of urea groups is 1. The van der Waals surface area contributed by atoms with Gasteiger partial charge in [0.1, 0.15) is 0 Å². The van der Waals surface area contributed by atoms with Crippen LogP contribution in [0.1, 0.15) is 31.2 Å². The molecule has 1 aliphatic carbocycles. The Hall–Kier alpha value is -1.40. The van der Waals surface area contributed by atoms with Gasteiger partial charge in [-0.1, -0.05) is 12.1 Å². The van der Waals surface area contributed by atoms with Crippen molar-refractivity contribution in [2.45, 2.75) is 49.3 Å². The highest BCUT2D eigenvalue weighted by molar-refractivity contribution is 7.84. The average molecular weight is 336 g/mol. The Morgan fingerprint density at radius 1 is 1.26 bits per heavy atom. The second-order valence-electron chi connectivity index (χ2n) is 6.39. The van der Waals surface area contributed by atoms with Gasteiger partial charge in [0.15, 0.2) is 0 Å². The van der Waals surface area contributed by atoms with E-state index in [2.05, 4.69) is 10.6 Å². The molecule has 2 aliphatic rings. The van der Waals surface area contributed by atoms with Gasteiger partial charge in [-0.15, -0.1) is 0 Å². The molecule has 126 valence electrons. The molecule has 1 saturated carbocycles.